The number of nitrogens with one attached hydrogen (secondary N) is 1. The molecule has 20 heavy (non-hydrogen) atoms. The SMILES string of the molecule is CNCc1ccc(Cl)c(S(=O)(=O)N2CCCOCC2)c1. The van der Waals surface area contributed by atoms with E-state index in [2.05, 4.69) is 5.32 Å². The quantitative estimate of drug-likeness (QED) is 0.913. The number of sulfonamides is 1. The Labute approximate surface area is 124 Å². The van der Waals surface area contributed by atoms with Crippen LogP contribution in [-0.4, -0.2) is 46.1 Å². The molecule has 0 aliphatic carbocycles. The van der Waals surface area contributed by atoms with Gasteiger partial charge in [0.1, 0.15) is 4.90 Å². The van der Waals surface area contributed by atoms with Crippen molar-refractivity contribution >= 4 is 21.6 Å². The highest BCUT2D eigenvalue weighted by atomic mass is 35.5. The van der Waals surface area contributed by atoms with Gasteiger partial charge in [0, 0.05) is 26.2 Å². The van der Waals surface area contributed by atoms with Crippen molar-refractivity contribution < 1.29 is 13.2 Å². The average Bonchev–Trinajstić information content (AvgIpc) is 2.70. The Bertz CT molecular complexity index is 555. The van der Waals surface area contributed by atoms with Crippen LogP contribution in [0, 0.1) is 0 Å². The van der Waals surface area contributed by atoms with Gasteiger partial charge >= 0.3 is 0 Å². The van der Waals surface area contributed by atoms with E-state index in [1.807, 2.05) is 13.1 Å². The van der Waals surface area contributed by atoms with Crippen molar-refractivity contribution in [3.63, 3.8) is 0 Å². The van der Waals surface area contributed by atoms with Gasteiger partial charge in [-0.3, -0.25) is 0 Å². The molecule has 2 rings (SSSR count). The highest BCUT2D eigenvalue weighted by molar-refractivity contribution is 7.89. The van der Waals surface area contributed by atoms with Crippen molar-refractivity contribution in [2.45, 2.75) is 17.9 Å². The summed E-state index contributed by atoms with van der Waals surface area (Å²) in [7, 11) is -1.75. The molecule has 1 aromatic carbocycles. The lowest BCUT2D eigenvalue weighted by molar-refractivity contribution is 0.148. The van der Waals surface area contributed by atoms with E-state index in [-0.39, 0.29) is 9.92 Å². The van der Waals surface area contributed by atoms with Gasteiger partial charge in [0.2, 0.25) is 10.0 Å². The molecule has 1 saturated heterocycles. The molecule has 1 aliphatic rings. The Morgan fingerprint density at radius 3 is 2.90 bits per heavy atom. The fraction of sp³-hybridized carbons (Fsp3) is 0.538. The van der Waals surface area contributed by atoms with Crippen molar-refractivity contribution in [3.05, 3.63) is 28.8 Å². The average molecular weight is 319 g/mol. The number of benzene rings is 1. The second-order valence-corrected chi connectivity index (χ2v) is 6.98. The zero-order valence-corrected chi connectivity index (χ0v) is 13.0. The normalized spacial score (nSPS) is 17.9. The Hall–Kier alpha value is -0.660. The number of hydrogen-bond donors (Lipinski definition) is 1. The Morgan fingerprint density at radius 1 is 1.35 bits per heavy atom. The van der Waals surface area contributed by atoms with Crippen molar-refractivity contribution in [2.75, 3.05) is 33.4 Å². The molecule has 1 fully saturated rings. The number of rotatable bonds is 4. The minimum atomic E-state index is -3.56. The minimum absolute atomic E-state index is 0.175. The van der Waals surface area contributed by atoms with Crippen molar-refractivity contribution in [1.29, 1.82) is 0 Å². The number of nitrogens with zero attached hydrogens (tertiary/aromatic N) is 1. The third-order valence-corrected chi connectivity index (χ3v) is 5.56. The van der Waals surface area contributed by atoms with E-state index in [9.17, 15) is 8.42 Å². The molecule has 1 aromatic rings. The zero-order valence-electron chi connectivity index (χ0n) is 11.4. The molecule has 0 saturated carbocycles. The van der Waals surface area contributed by atoms with Crippen LogP contribution >= 0.6 is 11.6 Å². The van der Waals surface area contributed by atoms with Crippen molar-refractivity contribution in [3.8, 4) is 0 Å². The lowest BCUT2D eigenvalue weighted by atomic mass is 10.2. The Balaban J connectivity index is 2.34. The second-order valence-electron chi connectivity index (χ2n) is 4.67. The Kier molecular flexibility index (Phi) is 5.40. The van der Waals surface area contributed by atoms with Crippen LogP contribution in [0.15, 0.2) is 23.1 Å². The molecule has 0 amide bonds. The predicted molar refractivity (Wildman–Crippen MR) is 78.4 cm³/mol. The van der Waals surface area contributed by atoms with Crippen LogP contribution in [0.2, 0.25) is 5.02 Å². The van der Waals surface area contributed by atoms with E-state index in [1.165, 1.54) is 4.31 Å². The number of hydrogen-bond acceptors (Lipinski definition) is 4. The summed E-state index contributed by atoms with van der Waals surface area (Å²) < 4.78 is 32.1. The smallest absolute Gasteiger partial charge is 0.244 e. The fourth-order valence-electron chi connectivity index (χ4n) is 2.16. The molecular weight excluding hydrogens is 300 g/mol. The molecule has 5 nitrogen and oxygen atoms in total. The van der Waals surface area contributed by atoms with Crippen LogP contribution in [0.1, 0.15) is 12.0 Å². The van der Waals surface area contributed by atoms with Crippen LogP contribution in [0.25, 0.3) is 0 Å². The van der Waals surface area contributed by atoms with Crippen molar-refractivity contribution in [2.24, 2.45) is 0 Å². The third kappa shape index (κ3) is 3.51. The first kappa shape index (κ1) is 15.7. The first-order valence-electron chi connectivity index (χ1n) is 6.56. The van der Waals surface area contributed by atoms with E-state index in [1.54, 1.807) is 12.1 Å². The van der Waals surface area contributed by atoms with Gasteiger partial charge in [-0.15, -0.1) is 0 Å². The van der Waals surface area contributed by atoms with Gasteiger partial charge in [-0.25, -0.2) is 8.42 Å². The number of halogens is 1. The molecule has 0 unspecified atom stereocenters. The summed E-state index contributed by atoms with van der Waals surface area (Å²) in [4.78, 5) is 0.175. The summed E-state index contributed by atoms with van der Waals surface area (Å²) >= 11 is 6.08. The van der Waals surface area contributed by atoms with Gasteiger partial charge in [0.15, 0.2) is 0 Å². The highest BCUT2D eigenvalue weighted by Gasteiger charge is 2.27. The first-order valence-corrected chi connectivity index (χ1v) is 8.38. The van der Waals surface area contributed by atoms with Crippen LogP contribution in [0.4, 0.5) is 0 Å². The summed E-state index contributed by atoms with van der Waals surface area (Å²) in [6, 6.07) is 5.10. The molecule has 0 radical (unpaired) electrons. The molecule has 0 bridgehead atoms. The molecule has 1 aliphatic heterocycles. The summed E-state index contributed by atoms with van der Waals surface area (Å²) in [6.45, 7) is 2.46. The monoisotopic (exact) mass is 318 g/mol. The highest BCUT2D eigenvalue weighted by Crippen LogP contribution is 2.26. The van der Waals surface area contributed by atoms with Crippen LogP contribution in [0.3, 0.4) is 0 Å². The second kappa shape index (κ2) is 6.87. The summed E-state index contributed by atoms with van der Waals surface area (Å²) in [5.41, 5.74) is 0.890. The van der Waals surface area contributed by atoms with Crippen LogP contribution in [-0.2, 0) is 21.3 Å². The molecule has 0 aromatic heterocycles. The summed E-state index contributed by atoms with van der Waals surface area (Å²) in [6.07, 6.45) is 0.701. The molecule has 1 N–H and O–H groups in total. The van der Waals surface area contributed by atoms with Gasteiger partial charge in [0.25, 0.3) is 0 Å². The maximum atomic E-state index is 12.7. The lowest BCUT2D eigenvalue weighted by Gasteiger charge is -2.20. The van der Waals surface area contributed by atoms with Crippen molar-refractivity contribution in [1.82, 2.24) is 9.62 Å². The summed E-state index contributed by atoms with van der Waals surface area (Å²) in [5.74, 6) is 0. The van der Waals surface area contributed by atoms with Gasteiger partial charge < -0.3 is 10.1 Å². The maximum absolute atomic E-state index is 12.7. The zero-order chi connectivity index (χ0) is 14.6. The van der Waals surface area contributed by atoms with Crippen LogP contribution in [0.5, 0.6) is 0 Å². The van der Waals surface area contributed by atoms with Gasteiger partial charge in [-0.2, -0.15) is 4.31 Å². The maximum Gasteiger partial charge on any atom is 0.244 e. The molecule has 0 atom stereocenters. The number of ether oxygens (including phenoxy) is 1. The first-order chi connectivity index (χ1) is 9.55. The summed E-state index contributed by atoms with van der Waals surface area (Å²) in [5, 5.41) is 3.26. The molecule has 112 valence electrons. The van der Waals surface area contributed by atoms with Crippen LogP contribution < -0.4 is 5.32 Å². The fourth-order valence-corrected chi connectivity index (χ4v) is 4.15. The van der Waals surface area contributed by atoms with E-state index in [4.69, 9.17) is 16.3 Å². The van der Waals surface area contributed by atoms with Gasteiger partial charge in [-0.05, 0) is 31.2 Å². The van der Waals surface area contributed by atoms with E-state index in [0.29, 0.717) is 39.3 Å². The van der Waals surface area contributed by atoms with E-state index in [0.717, 1.165) is 5.56 Å². The standard InChI is InChI=1S/C13H19ClN2O3S/c1-15-10-11-3-4-12(14)13(9-11)20(17,18)16-5-2-7-19-8-6-16/h3-4,9,15H,2,5-8,10H2,1H3. The van der Waals surface area contributed by atoms with Gasteiger partial charge in [-0.1, -0.05) is 17.7 Å². The Morgan fingerprint density at radius 2 is 2.15 bits per heavy atom. The van der Waals surface area contributed by atoms with Gasteiger partial charge in [0.05, 0.1) is 11.6 Å². The molecule has 7 heteroatoms. The van der Waals surface area contributed by atoms with E-state index < -0.39 is 10.0 Å². The lowest BCUT2D eigenvalue weighted by Crippen LogP contribution is -2.33. The molecular formula is C13H19ClN2O3S. The topological polar surface area (TPSA) is 58.6 Å². The third-order valence-electron chi connectivity index (χ3n) is 3.18. The minimum Gasteiger partial charge on any atom is -0.380 e. The van der Waals surface area contributed by atoms with E-state index >= 15 is 0 Å². The largest absolute Gasteiger partial charge is 0.380 e. The molecule has 1 heterocycles. The molecule has 0 spiro atoms. The predicted octanol–water partition coefficient (Wildman–Crippen LogP) is 1.47.